The first-order valence-electron chi connectivity index (χ1n) is 4.51. The van der Waals surface area contributed by atoms with Crippen molar-refractivity contribution in [1.82, 2.24) is 4.90 Å². The topological polar surface area (TPSA) is 27.0 Å². The molecule has 0 aromatic carbocycles. The summed E-state index contributed by atoms with van der Waals surface area (Å²) in [7, 11) is 0. The molecule has 13 heavy (non-hydrogen) atoms. The SMILES string of the molecule is CCN(CC(C)=CCl)CC(C)C#N. The summed E-state index contributed by atoms with van der Waals surface area (Å²) in [4.78, 5) is 2.21. The molecule has 0 spiro atoms. The second kappa shape index (κ2) is 6.94. The van der Waals surface area contributed by atoms with E-state index < -0.39 is 0 Å². The van der Waals surface area contributed by atoms with E-state index in [0.717, 1.165) is 25.2 Å². The maximum Gasteiger partial charge on any atom is 0.0666 e. The van der Waals surface area contributed by atoms with E-state index in [1.807, 2.05) is 13.8 Å². The normalized spacial score (nSPS) is 14.3. The molecule has 0 aromatic heterocycles. The molecule has 0 fully saturated rings. The lowest BCUT2D eigenvalue weighted by Gasteiger charge is -2.21. The predicted octanol–water partition coefficient (Wildman–Crippen LogP) is 2.61. The molecule has 0 aliphatic rings. The van der Waals surface area contributed by atoms with E-state index in [4.69, 9.17) is 16.9 Å². The number of hydrogen-bond donors (Lipinski definition) is 0. The van der Waals surface area contributed by atoms with Crippen LogP contribution in [0.3, 0.4) is 0 Å². The van der Waals surface area contributed by atoms with Crippen molar-refractivity contribution in [2.45, 2.75) is 20.8 Å². The van der Waals surface area contributed by atoms with Crippen molar-refractivity contribution in [2.24, 2.45) is 5.92 Å². The maximum atomic E-state index is 8.65. The fraction of sp³-hybridized carbons (Fsp3) is 0.700. The third-order valence-electron chi connectivity index (χ3n) is 1.86. The van der Waals surface area contributed by atoms with Gasteiger partial charge in [-0.25, -0.2) is 0 Å². The van der Waals surface area contributed by atoms with E-state index >= 15 is 0 Å². The summed E-state index contributed by atoms with van der Waals surface area (Å²) in [6, 6.07) is 2.23. The van der Waals surface area contributed by atoms with Crippen molar-refractivity contribution in [1.29, 1.82) is 5.26 Å². The minimum absolute atomic E-state index is 0.0862. The Morgan fingerprint density at radius 2 is 2.31 bits per heavy atom. The van der Waals surface area contributed by atoms with E-state index in [1.165, 1.54) is 0 Å². The third-order valence-corrected chi connectivity index (χ3v) is 2.23. The Kier molecular flexibility index (Phi) is 6.66. The van der Waals surface area contributed by atoms with Crippen LogP contribution in [0.5, 0.6) is 0 Å². The highest BCUT2D eigenvalue weighted by molar-refractivity contribution is 6.25. The second-order valence-electron chi connectivity index (χ2n) is 3.31. The molecule has 0 radical (unpaired) electrons. The molecule has 0 aliphatic heterocycles. The highest BCUT2D eigenvalue weighted by Gasteiger charge is 2.07. The van der Waals surface area contributed by atoms with Gasteiger partial charge in [0.25, 0.3) is 0 Å². The van der Waals surface area contributed by atoms with Crippen LogP contribution in [0, 0.1) is 17.2 Å². The molecule has 0 aromatic rings. The molecule has 0 saturated heterocycles. The van der Waals surface area contributed by atoms with Gasteiger partial charge in [-0.1, -0.05) is 18.5 Å². The fourth-order valence-electron chi connectivity index (χ4n) is 1.12. The summed E-state index contributed by atoms with van der Waals surface area (Å²) in [6.07, 6.45) is 0. The lowest BCUT2D eigenvalue weighted by Crippen LogP contribution is -2.29. The summed E-state index contributed by atoms with van der Waals surface area (Å²) in [5.74, 6) is 0.0862. The van der Waals surface area contributed by atoms with Crippen LogP contribution in [0.25, 0.3) is 0 Å². The van der Waals surface area contributed by atoms with Crippen LogP contribution >= 0.6 is 11.6 Å². The zero-order valence-corrected chi connectivity index (χ0v) is 9.30. The van der Waals surface area contributed by atoms with E-state index in [2.05, 4.69) is 17.9 Å². The Morgan fingerprint density at radius 1 is 1.69 bits per heavy atom. The second-order valence-corrected chi connectivity index (χ2v) is 3.53. The Labute approximate surface area is 85.8 Å². The van der Waals surface area contributed by atoms with Gasteiger partial charge in [0, 0.05) is 18.6 Å². The van der Waals surface area contributed by atoms with Crippen LogP contribution in [0.2, 0.25) is 0 Å². The van der Waals surface area contributed by atoms with Crippen molar-refractivity contribution in [3.05, 3.63) is 11.1 Å². The number of likely N-dealkylation sites (N-methyl/N-ethyl adjacent to an activating group) is 1. The average molecular weight is 201 g/mol. The molecule has 0 heterocycles. The van der Waals surface area contributed by atoms with Crippen LogP contribution in [0.4, 0.5) is 0 Å². The molecular weight excluding hydrogens is 184 g/mol. The summed E-state index contributed by atoms with van der Waals surface area (Å²) in [6.45, 7) is 8.63. The number of halogens is 1. The fourth-order valence-corrected chi connectivity index (χ4v) is 1.19. The van der Waals surface area contributed by atoms with Gasteiger partial charge in [0.2, 0.25) is 0 Å². The summed E-state index contributed by atoms with van der Waals surface area (Å²) in [5, 5.41) is 8.65. The molecule has 0 bridgehead atoms. The Hall–Kier alpha value is -0.520. The van der Waals surface area contributed by atoms with Crippen molar-refractivity contribution in [3.63, 3.8) is 0 Å². The molecule has 3 heteroatoms. The van der Waals surface area contributed by atoms with Gasteiger partial charge in [-0.15, -0.1) is 0 Å². The molecular formula is C10H17ClN2. The monoisotopic (exact) mass is 200 g/mol. The summed E-state index contributed by atoms with van der Waals surface area (Å²) < 4.78 is 0. The molecule has 1 atom stereocenters. The standard InChI is InChI=1S/C10H17ClN2/c1-4-13(7-9(2)5-11)8-10(3)6-12/h5,10H,4,7-8H2,1-3H3. The number of nitriles is 1. The van der Waals surface area contributed by atoms with Crippen molar-refractivity contribution in [2.75, 3.05) is 19.6 Å². The van der Waals surface area contributed by atoms with Gasteiger partial charge in [0.15, 0.2) is 0 Å². The highest BCUT2D eigenvalue weighted by atomic mass is 35.5. The average Bonchev–Trinajstić information content (AvgIpc) is 2.16. The maximum absolute atomic E-state index is 8.65. The quantitative estimate of drug-likeness (QED) is 0.682. The van der Waals surface area contributed by atoms with Crippen LogP contribution in [0.1, 0.15) is 20.8 Å². The molecule has 0 aliphatic carbocycles. The van der Waals surface area contributed by atoms with Crippen molar-refractivity contribution in [3.8, 4) is 6.07 Å². The van der Waals surface area contributed by atoms with Crippen LogP contribution < -0.4 is 0 Å². The number of rotatable bonds is 5. The minimum atomic E-state index is 0.0862. The van der Waals surface area contributed by atoms with Crippen LogP contribution in [-0.2, 0) is 0 Å². The molecule has 74 valence electrons. The van der Waals surface area contributed by atoms with Crippen LogP contribution in [-0.4, -0.2) is 24.5 Å². The smallest absolute Gasteiger partial charge is 0.0666 e. The van der Waals surface area contributed by atoms with E-state index in [-0.39, 0.29) is 5.92 Å². The van der Waals surface area contributed by atoms with Gasteiger partial charge in [0.1, 0.15) is 0 Å². The molecule has 1 unspecified atom stereocenters. The van der Waals surface area contributed by atoms with E-state index in [1.54, 1.807) is 5.54 Å². The van der Waals surface area contributed by atoms with Gasteiger partial charge < -0.3 is 0 Å². The first-order chi connectivity index (χ1) is 6.13. The zero-order valence-electron chi connectivity index (χ0n) is 8.55. The lowest BCUT2D eigenvalue weighted by atomic mass is 10.2. The first-order valence-corrected chi connectivity index (χ1v) is 4.95. The van der Waals surface area contributed by atoms with Crippen molar-refractivity contribution >= 4 is 11.6 Å². The summed E-state index contributed by atoms with van der Waals surface area (Å²) >= 11 is 5.57. The molecule has 0 rings (SSSR count). The molecule has 0 saturated carbocycles. The van der Waals surface area contributed by atoms with Gasteiger partial charge in [-0.2, -0.15) is 5.26 Å². The Bertz CT molecular complexity index is 205. The minimum Gasteiger partial charge on any atom is -0.298 e. The Balaban J connectivity index is 3.98. The molecule has 2 nitrogen and oxygen atoms in total. The van der Waals surface area contributed by atoms with Crippen molar-refractivity contribution < 1.29 is 0 Å². The largest absolute Gasteiger partial charge is 0.298 e. The predicted molar refractivity (Wildman–Crippen MR) is 56.5 cm³/mol. The van der Waals surface area contributed by atoms with E-state index in [9.17, 15) is 0 Å². The number of nitrogens with zero attached hydrogens (tertiary/aromatic N) is 2. The van der Waals surface area contributed by atoms with Crippen LogP contribution in [0.15, 0.2) is 11.1 Å². The van der Waals surface area contributed by atoms with Gasteiger partial charge in [0.05, 0.1) is 12.0 Å². The van der Waals surface area contributed by atoms with Gasteiger partial charge in [-0.05, 0) is 26.0 Å². The molecule has 0 N–H and O–H groups in total. The highest BCUT2D eigenvalue weighted by Crippen LogP contribution is 2.03. The van der Waals surface area contributed by atoms with E-state index in [0.29, 0.717) is 0 Å². The molecule has 0 amide bonds. The summed E-state index contributed by atoms with van der Waals surface area (Å²) in [5.41, 5.74) is 2.73. The zero-order chi connectivity index (χ0) is 10.3. The first kappa shape index (κ1) is 12.5. The number of hydrogen-bond acceptors (Lipinski definition) is 2. The van der Waals surface area contributed by atoms with Gasteiger partial charge in [-0.3, -0.25) is 4.90 Å². The third kappa shape index (κ3) is 5.68. The lowest BCUT2D eigenvalue weighted by molar-refractivity contribution is 0.290. The van der Waals surface area contributed by atoms with Gasteiger partial charge >= 0.3 is 0 Å². The Morgan fingerprint density at radius 3 is 2.69 bits per heavy atom.